The first-order valence-corrected chi connectivity index (χ1v) is 6.15. The molecular formula is C12H25NO3. The predicted octanol–water partition coefficient (Wildman–Crippen LogP) is 1.72. The third-order valence-corrected chi connectivity index (χ3v) is 2.87. The number of hydrogen-bond acceptors (Lipinski definition) is 3. The first-order chi connectivity index (χ1) is 7.51. The van der Waals surface area contributed by atoms with Crippen LogP contribution in [0.5, 0.6) is 0 Å². The highest BCUT2D eigenvalue weighted by Crippen LogP contribution is 2.08. The second-order valence-corrected chi connectivity index (χ2v) is 4.36. The van der Waals surface area contributed by atoms with Crippen molar-refractivity contribution in [3.8, 4) is 0 Å². The van der Waals surface area contributed by atoms with Crippen LogP contribution in [0.15, 0.2) is 0 Å². The Labute approximate surface area is 98.3 Å². The van der Waals surface area contributed by atoms with E-state index in [1.165, 1.54) is 0 Å². The zero-order valence-electron chi connectivity index (χ0n) is 10.6. The van der Waals surface area contributed by atoms with Gasteiger partial charge in [-0.25, -0.2) is 0 Å². The van der Waals surface area contributed by atoms with Gasteiger partial charge in [0.15, 0.2) is 0 Å². The molecule has 4 heteroatoms. The standard InChI is InChI=1S/C12H25NO3/c1-4-6-7-13(10(3)5-2)9-11(14)8-12(15)16/h10-11,14H,4-9H2,1-3H3,(H,15,16). The normalized spacial score (nSPS) is 15.1. The molecule has 0 aromatic rings. The van der Waals surface area contributed by atoms with Gasteiger partial charge in [0.25, 0.3) is 0 Å². The highest BCUT2D eigenvalue weighted by atomic mass is 16.4. The molecule has 0 aromatic carbocycles. The molecule has 4 nitrogen and oxygen atoms in total. The summed E-state index contributed by atoms with van der Waals surface area (Å²) in [4.78, 5) is 12.6. The lowest BCUT2D eigenvalue weighted by atomic mass is 10.1. The van der Waals surface area contributed by atoms with Crippen LogP contribution >= 0.6 is 0 Å². The van der Waals surface area contributed by atoms with Crippen LogP contribution in [-0.4, -0.2) is 46.3 Å². The van der Waals surface area contributed by atoms with Gasteiger partial charge >= 0.3 is 5.97 Å². The molecule has 0 rings (SSSR count). The van der Waals surface area contributed by atoms with Crippen LogP contribution in [0, 0.1) is 0 Å². The molecule has 2 unspecified atom stereocenters. The van der Waals surface area contributed by atoms with Crippen LogP contribution in [0.4, 0.5) is 0 Å². The number of carbonyl (C=O) groups is 1. The van der Waals surface area contributed by atoms with E-state index >= 15 is 0 Å². The SMILES string of the molecule is CCCCN(CC(O)CC(=O)O)C(C)CC. The Hall–Kier alpha value is -0.610. The molecular weight excluding hydrogens is 206 g/mol. The molecule has 0 radical (unpaired) electrons. The molecule has 0 bridgehead atoms. The lowest BCUT2D eigenvalue weighted by molar-refractivity contribution is -0.139. The maximum Gasteiger partial charge on any atom is 0.306 e. The molecule has 16 heavy (non-hydrogen) atoms. The van der Waals surface area contributed by atoms with E-state index in [4.69, 9.17) is 5.11 Å². The number of carboxylic acids is 1. The molecule has 0 saturated carbocycles. The van der Waals surface area contributed by atoms with Crippen LogP contribution in [0.3, 0.4) is 0 Å². The molecule has 2 N–H and O–H groups in total. The van der Waals surface area contributed by atoms with E-state index in [9.17, 15) is 9.90 Å². The van der Waals surface area contributed by atoms with Gasteiger partial charge in [0.05, 0.1) is 12.5 Å². The van der Waals surface area contributed by atoms with Crippen LogP contribution in [0.1, 0.15) is 46.5 Å². The van der Waals surface area contributed by atoms with E-state index in [2.05, 4.69) is 25.7 Å². The zero-order valence-corrected chi connectivity index (χ0v) is 10.6. The summed E-state index contributed by atoms with van der Waals surface area (Å²) in [5.41, 5.74) is 0. The summed E-state index contributed by atoms with van der Waals surface area (Å²) in [6.45, 7) is 7.74. The van der Waals surface area contributed by atoms with Gasteiger partial charge in [0.2, 0.25) is 0 Å². The number of unbranched alkanes of at least 4 members (excludes halogenated alkanes) is 1. The number of hydrogen-bond donors (Lipinski definition) is 2. The average molecular weight is 231 g/mol. The molecule has 0 aliphatic carbocycles. The van der Waals surface area contributed by atoms with Crippen molar-refractivity contribution in [1.29, 1.82) is 0 Å². The monoisotopic (exact) mass is 231 g/mol. The Balaban J connectivity index is 4.12. The van der Waals surface area contributed by atoms with Crippen molar-refractivity contribution in [1.82, 2.24) is 4.90 Å². The van der Waals surface area contributed by atoms with Crippen molar-refractivity contribution in [3.63, 3.8) is 0 Å². The van der Waals surface area contributed by atoms with Crippen LogP contribution < -0.4 is 0 Å². The first-order valence-electron chi connectivity index (χ1n) is 6.15. The second-order valence-electron chi connectivity index (χ2n) is 4.36. The number of aliphatic carboxylic acids is 1. The zero-order chi connectivity index (χ0) is 12.6. The molecule has 2 atom stereocenters. The minimum Gasteiger partial charge on any atom is -0.481 e. The molecule has 0 saturated heterocycles. The molecule has 0 aromatic heterocycles. The molecule has 0 fully saturated rings. The highest BCUT2D eigenvalue weighted by Gasteiger charge is 2.17. The van der Waals surface area contributed by atoms with Crippen molar-refractivity contribution >= 4 is 5.97 Å². The van der Waals surface area contributed by atoms with Crippen molar-refractivity contribution in [2.75, 3.05) is 13.1 Å². The summed E-state index contributed by atoms with van der Waals surface area (Å²) in [5.74, 6) is -0.938. The number of nitrogens with zero attached hydrogens (tertiary/aromatic N) is 1. The fourth-order valence-corrected chi connectivity index (χ4v) is 1.65. The third-order valence-electron chi connectivity index (χ3n) is 2.87. The summed E-state index contributed by atoms with van der Waals surface area (Å²) in [7, 11) is 0. The van der Waals surface area contributed by atoms with Gasteiger partial charge in [-0.1, -0.05) is 20.3 Å². The molecule has 96 valence electrons. The van der Waals surface area contributed by atoms with E-state index < -0.39 is 12.1 Å². The number of aliphatic hydroxyl groups is 1. The minimum atomic E-state index is -0.938. The van der Waals surface area contributed by atoms with Gasteiger partial charge in [-0.05, 0) is 26.3 Å². The van der Waals surface area contributed by atoms with E-state index in [-0.39, 0.29) is 6.42 Å². The Bertz CT molecular complexity index is 197. The van der Waals surface area contributed by atoms with Gasteiger partial charge in [0.1, 0.15) is 0 Å². The summed E-state index contributed by atoms with van der Waals surface area (Å²) in [6.07, 6.45) is 2.29. The second kappa shape index (κ2) is 8.53. The average Bonchev–Trinajstić information content (AvgIpc) is 2.21. The Morgan fingerprint density at radius 3 is 2.44 bits per heavy atom. The summed E-state index contributed by atoms with van der Waals surface area (Å²) in [5, 5.41) is 18.2. The first kappa shape index (κ1) is 15.4. The van der Waals surface area contributed by atoms with Gasteiger partial charge in [-0.3, -0.25) is 9.69 Å². The summed E-state index contributed by atoms with van der Waals surface area (Å²) < 4.78 is 0. The van der Waals surface area contributed by atoms with Crippen molar-refractivity contribution in [2.24, 2.45) is 0 Å². The van der Waals surface area contributed by atoms with Crippen LogP contribution in [0.2, 0.25) is 0 Å². The summed E-state index contributed by atoms with van der Waals surface area (Å²) >= 11 is 0. The van der Waals surface area contributed by atoms with Gasteiger partial charge in [-0.2, -0.15) is 0 Å². The number of carboxylic acid groups (broad SMARTS) is 1. The lowest BCUT2D eigenvalue weighted by Crippen LogP contribution is -2.40. The molecule has 0 aliphatic heterocycles. The molecule has 0 heterocycles. The Kier molecular flexibility index (Phi) is 8.21. The third kappa shape index (κ3) is 6.80. The number of aliphatic hydroxyl groups excluding tert-OH is 1. The minimum absolute atomic E-state index is 0.168. The fourth-order valence-electron chi connectivity index (χ4n) is 1.65. The van der Waals surface area contributed by atoms with E-state index in [0.717, 1.165) is 25.8 Å². The van der Waals surface area contributed by atoms with E-state index in [0.29, 0.717) is 12.6 Å². The maximum absolute atomic E-state index is 10.5. The Morgan fingerprint density at radius 1 is 1.38 bits per heavy atom. The maximum atomic E-state index is 10.5. The van der Waals surface area contributed by atoms with E-state index in [1.807, 2.05) is 0 Å². The Morgan fingerprint density at radius 2 is 2.00 bits per heavy atom. The number of rotatable bonds is 9. The van der Waals surface area contributed by atoms with Crippen molar-refractivity contribution in [3.05, 3.63) is 0 Å². The molecule has 0 aliphatic rings. The van der Waals surface area contributed by atoms with Crippen molar-refractivity contribution < 1.29 is 15.0 Å². The fraction of sp³-hybridized carbons (Fsp3) is 0.917. The molecule has 0 spiro atoms. The van der Waals surface area contributed by atoms with Crippen LogP contribution in [-0.2, 0) is 4.79 Å². The van der Waals surface area contributed by atoms with Gasteiger partial charge in [-0.15, -0.1) is 0 Å². The topological polar surface area (TPSA) is 60.8 Å². The quantitative estimate of drug-likeness (QED) is 0.634. The van der Waals surface area contributed by atoms with Gasteiger partial charge in [0, 0.05) is 12.6 Å². The summed E-state index contributed by atoms with van der Waals surface area (Å²) in [6, 6.07) is 0.398. The van der Waals surface area contributed by atoms with Crippen LogP contribution in [0.25, 0.3) is 0 Å². The van der Waals surface area contributed by atoms with E-state index in [1.54, 1.807) is 0 Å². The smallest absolute Gasteiger partial charge is 0.306 e. The highest BCUT2D eigenvalue weighted by molar-refractivity contribution is 5.67. The van der Waals surface area contributed by atoms with Crippen molar-refractivity contribution in [2.45, 2.75) is 58.6 Å². The predicted molar refractivity (Wildman–Crippen MR) is 64.5 cm³/mol. The molecule has 0 amide bonds. The lowest BCUT2D eigenvalue weighted by Gasteiger charge is -2.29. The van der Waals surface area contributed by atoms with Gasteiger partial charge < -0.3 is 10.2 Å². The largest absolute Gasteiger partial charge is 0.481 e.